The van der Waals surface area contributed by atoms with Gasteiger partial charge in [-0.1, -0.05) is 18.2 Å². The molecule has 170 valence electrons. The van der Waals surface area contributed by atoms with Crippen molar-refractivity contribution in [2.45, 2.75) is 19.4 Å². The Morgan fingerprint density at radius 2 is 2.19 bits per heavy atom. The number of hydrogen-bond acceptors (Lipinski definition) is 7. The molecule has 2 heterocycles. The van der Waals surface area contributed by atoms with Crippen LogP contribution in [0.5, 0.6) is 0 Å². The van der Waals surface area contributed by atoms with Crippen LogP contribution in [0.2, 0.25) is 0 Å². The number of hydrogen-bond donors (Lipinski definition) is 1. The molecular weight excluding hydrogens is 434 g/mol. The van der Waals surface area contributed by atoms with E-state index in [1.807, 2.05) is 17.5 Å². The van der Waals surface area contributed by atoms with Crippen LogP contribution in [0.1, 0.15) is 29.8 Å². The second kappa shape index (κ2) is 10.8. The number of hydrazone groups is 1. The maximum absolute atomic E-state index is 13.3. The van der Waals surface area contributed by atoms with E-state index in [1.54, 1.807) is 19.1 Å². The molecule has 0 unspecified atom stereocenters. The van der Waals surface area contributed by atoms with Gasteiger partial charge >= 0.3 is 6.03 Å². The van der Waals surface area contributed by atoms with Crippen LogP contribution < -0.4 is 5.32 Å². The van der Waals surface area contributed by atoms with Crippen LogP contribution in [0.15, 0.2) is 46.9 Å². The van der Waals surface area contributed by atoms with E-state index in [2.05, 4.69) is 10.4 Å². The molecule has 1 aliphatic heterocycles. The quantitative estimate of drug-likeness (QED) is 0.457. The summed E-state index contributed by atoms with van der Waals surface area (Å²) in [5.74, 6) is -0.379. The lowest BCUT2D eigenvalue weighted by molar-refractivity contribution is -0.384. The highest BCUT2D eigenvalue weighted by atomic mass is 32.1. The fraction of sp³-hybridized carbons (Fsp3) is 0.381. The zero-order valence-corrected chi connectivity index (χ0v) is 18.7. The number of nitro groups is 1. The number of nitro benzene ring substituents is 1. The number of urea groups is 1. The minimum atomic E-state index is -0.502. The van der Waals surface area contributed by atoms with E-state index >= 15 is 0 Å². The predicted octanol–water partition coefficient (Wildman–Crippen LogP) is 3.01. The maximum atomic E-state index is 13.3. The normalized spacial score (nSPS) is 15.4. The van der Waals surface area contributed by atoms with Crippen molar-refractivity contribution in [2.24, 2.45) is 5.10 Å². The van der Waals surface area contributed by atoms with E-state index in [9.17, 15) is 19.7 Å². The minimum Gasteiger partial charge on any atom is -0.383 e. The summed E-state index contributed by atoms with van der Waals surface area (Å²) in [7, 11) is 1.52. The average molecular weight is 460 g/mol. The molecule has 0 saturated carbocycles. The molecule has 2 aromatic rings. The lowest BCUT2D eigenvalue weighted by atomic mass is 10.0. The van der Waals surface area contributed by atoms with Gasteiger partial charge in [0.25, 0.3) is 11.6 Å². The molecular formula is C21H25N5O5S. The van der Waals surface area contributed by atoms with Crippen molar-refractivity contribution in [1.29, 1.82) is 0 Å². The molecule has 0 fully saturated rings. The number of carbonyl (C=O) groups excluding carboxylic acids is 2. The third kappa shape index (κ3) is 5.48. The van der Waals surface area contributed by atoms with Crippen molar-refractivity contribution in [1.82, 2.24) is 15.2 Å². The number of ether oxygens (including phenoxy) is 1. The highest BCUT2D eigenvalue weighted by Crippen LogP contribution is 2.35. The second-order valence-electron chi connectivity index (χ2n) is 7.08. The molecule has 10 nitrogen and oxygen atoms in total. The SMILES string of the molecule is CCNC(=O)N(CCOC)CC(=O)N1N=C(c2cccs2)C[C@@H]1c1cccc([N+](=O)[O-])c1. The van der Waals surface area contributed by atoms with E-state index in [4.69, 9.17) is 4.74 Å². The molecule has 1 atom stereocenters. The minimum absolute atomic E-state index is 0.0523. The number of benzene rings is 1. The summed E-state index contributed by atoms with van der Waals surface area (Å²) in [6.07, 6.45) is 0.423. The van der Waals surface area contributed by atoms with Crippen LogP contribution in [0.4, 0.5) is 10.5 Å². The van der Waals surface area contributed by atoms with Crippen LogP contribution in [0.25, 0.3) is 0 Å². The first-order valence-corrected chi connectivity index (χ1v) is 11.0. The Morgan fingerprint density at radius 1 is 1.38 bits per heavy atom. The molecule has 1 aliphatic rings. The number of amides is 3. The molecule has 32 heavy (non-hydrogen) atoms. The maximum Gasteiger partial charge on any atom is 0.317 e. The van der Waals surface area contributed by atoms with Gasteiger partial charge < -0.3 is 15.0 Å². The highest BCUT2D eigenvalue weighted by Gasteiger charge is 2.35. The average Bonchev–Trinajstić information content (AvgIpc) is 3.46. The second-order valence-corrected chi connectivity index (χ2v) is 8.03. The number of nitrogens with zero attached hydrogens (tertiary/aromatic N) is 4. The lowest BCUT2D eigenvalue weighted by Gasteiger charge is -2.27. The molecule has 11 heteroatoms. The molecule has 3 rings (SSSR count). The number of carbonyl (C=O) groups is 2. The topological polar surface area (TPSA) is 117 Å². The molecule has 1 aromatic heterocycles. The van der Waals surface area contributed by atoms with E-state index in [0.29, 0.717) is 18.5 Å². The van der Waals surface area contributed by atoms with Crippen molar-refractivity contribution in [3.05, 3.63) is 62.3 Å². The summed E-state index contributed by atoms with van der Waals surface area (Å²) in [4.78, 5) is 38.8. The Bertz CT molecular complexity index is 994. The summed E-state index contributed by atoms with van der Waals surface area (Å²) in [5, 5.41) is 21.8. The highest BCUT2D eigenvalue weighted by molar-refractivity contribution is 7.12. The standard InChI is InChI=1S/C21H25N5O5S/c1-3-22-21(28)24(9-10-31-2)14-20(27)25-18(13-17(23-25)19-8-5-11-32-19)15-6-4-7-16(12-15)26(29)30/h4-8,11-12,18H,3,9-10,13-14H2,1-2H3,(H,22,28)/t18-/m1/s1. The van der Waals surface area contributed by atoms with Crippen LogP contribution in [0.3, 0.4) is 0 Å². The predicted molar refractivity (Wildman–Crippen MR) is 121 cm³/mol. The van der Waals surface area contributed by atoms with Crippen LogP contribution in [0, 0.1) is 10.1 Å². The van der Waals surface area contributed by atoms with Gasteiger partial charge in [0.15, 0.2) is 0 Å². The fourth-order valence-corrected chi connectivity index (χ4v) is 4.11. The van der Waals surface area contributed by atoms with Crippen molar-refractivity contribution in [3.63, 3.8) is 0 Å². The zero-order chi connectivity index (χ0) is 23.1. The summed E-state index contributed by atoms with van der Waals surface area (Å²) in [5.41, 5.74) is 1.29. The molecule has 0 bridgehead atoms. The number of methoxy groups -OCH3 is 1. The largest absolute Gasteiger partial charge is 0.383 e. The van der Waals surface area contributed by atoms with Gasteiger partial charge in [-0.2, -0.15) is 5.10 Å². The Labute approximate surface area is 189 Å². The Morgan fingerprint density at radius 3 is 2.84 bits per heavy atom. The van der Waals surface area contributed by atoms with Gasteiger partial charge in [0, 0.05) is 38.8 Å². The third-order valence-corrected chi connectivity index (χ3v) is 5.86. The molecule has 0 spiro atoms. The Hall–Kier alpha value is -3.31. The van der Waals surface area contributed by atoms with E-state index in [1.165, 1.54) is 40.5 Å². The zero-order valence-electron chi connectivity index (χ0n) is 17.9. The van der Waals surface area contributed by atoms with Crippen molar-refractivity contribution >= 4 is 34.7 Å². The smallest absolute Gasteiger partial charge is 0.317 e. The first kappa shape index (κ1) is 23.4. The number of rotatable bonds is 9. The van der Waals surface area contributed by atoms with Gasteiger partial charge in [-0.05, 0) is 23.9 Å². The number of non-ortho nitro benzene ring substituents is 1. The van der Waals surface area contributed by atoms with Crippen molar-refractivity contribution < 1.29 is 19.2 Å². The Balaban J connectivity index is 1.89. The third-order valence-electron chi connectivity index (χ3n) is 4.94. The van der Waals surface area contributed by atoms with E-state index < -0.39 is 11.0 Å². The monoisotopic (exact) mass is 459 g/mol. The summed E-state index contributed by atoms with van der Waals surface area (Å²) in [6.45, 7) is 2.55. The first-order valence-electron chi connectivity index (χ1n) is 10.1. The van der Waals surface area contributed by atoms with Gasteiger partial charge in [-0.15, -0.1) is 11.3 Å². The van der Waals surface area contributed by atoms with Crippen molar-refractivity contribution in [2.75, 3.05) is 33.4 Å². The fourth-order valence-electron chi connectivity index (χ4n) is 3.39. The lowest BCUT2D eigenvalue weighted by Crippen LogP contribution is -2.47. The first-order chi connectivity index (χ1) is 15.4. The van der Waals surface area contributed by atoms with E-state index in [-0.39, 0.29) is 37.3 Å². The van der Waals surface area contributed by atoms with Gasteiger partial charge in [0.1, 0.15) is 6.54 Å². The molecule has 1 N–H and O–H groups in total. The summed E-state index contributed by atoms with van der Waals surface area (Å²) < 4.78 is 5.06. The van der Waals surface area contributed by atoms with Crippen LogP contribution in [-0.4, -0.2) is 65.8 Å². The van der Waals surface area contributed by atoms with Gasteiger partial charge in [-0.25, -0.2) is 9.80 Å². The van der Waals surface area contributed by atoms with Gasteiger partial charge in [0.05, 0.1) is 28.2 Å². The van der Waals surface area contributed by atoms with Crippen LogP contribution in [-0.2, 0) is 9.53 Å². The molecule has 1 aromatic carbocycles. The molecule has 0 aliphatic carbocycles. The van der Waals surface area contributed by atoms with Gasteiger partial charge in [0.2, 0.25) is 0 Å². The van der Waals surface area contributed by atoms with Gasteiger partial charge in [-0.3, -0.25) is 14.9 Å². The molecule has 0 saturated heterocycles. The molecule has 3 amide bonds. The summed E-state index contributed by atoms with van der Waals surface area (Å²) >= 11 is 1.51. The number of nitrogens with one attached hydrogen (secondary N) is 1. The number of thiophene rings is 1. The van der Waals surface area contributed by atoms with Crippen LogP contribution >= 0.6 is 11.3 Å². The summed E-state index contributed by atoms with van der Waals surface area (Å²) in [6, 6.07) is 9.16. The van der Waals surface area contributed by atoms with E-state index in [0.717, 1.165) is 10.6 Å². The Kier molecular flexibility index (Phi) is 7.90. The van der Waals surface area contributed by atoms with Crippen molar-refractivity contribution in [3.8, 4) is 0 Å². The molecule has 0 radical (unpaired) electrons.